The molecule has 0 aromatic heterocycles. The van der Waals surface area contributed by atoms with Crippen LogP contribution >= 0.6 is 0 Å². The summed E-state index contributed by atoms with van der Waals surface area (Å²) < 4.78 is 5.02. The van der Waals surface area contributed by atoms with Crippen LogP contribution in [0.3, 0.4) is 0 Å². The van der Waals surface area contributed by atoms with E-state index < -0.39 is 4.92 Å². The molecule has 1 atom stereocenters. The van der Waals surface area contributed by atoms with E-state index in [-0.39, 0.29) is 23.2 Å². The van der Waals surface area contributed by atoms with Crippen LogP contribution in [0.5, 0.6) is 0 Å². The molecule has 27 heavy (non-hydrogen) atoms. The Hall–Kier alpha value is -2.93. The Morgan fingerprint density at radius 2 is 2.11 bits per heavy atom. The number of amides is 1. The number of fused-ring (bicyclic) bond motifs is 1. The van der Waals surface area contributed by atoms with Crippen LogP contribution in [0.1, 0.15) is 40.4 Å². The SMILES string of the molecule is COCCNc1ccc([N+](=O)[O-])cc1C(=O)N[C@@H]1CCCc2ccccc21. The molecule has 0 saturated carbocycles. The van der Waals surface area contributed by atoms with E-state index in [0.717, 1.165) is 24.8 Å². The van der Waals surface area contributed by atoms with Crippen LogP contribution in [-0.4, -0.2) is 31.1 Å². The Labute approximate surface area is 157 Å². The molecule has 0 bridgehead atoms. The van der Waals surface area contributed by atoms with E-state index in [9.17, 15) is 14.9 Å². The summed E-state index contributed by atoms with van der Waals surface area (Å²) in [4.78, 5) is 23.6. The predicted octanol–water partition coefficient (Wildman–Crippen LogP) is 3.46. The minimum Gasteiger partial charge on any atom is -0.383 e. The maximum absolute atomic E-state index is 12.9. The van der Waals surface area contributed by atoms with Crippen molar-refractivity contribution in [1.82, 2.24) is 5.32 Å². The van der Waals surface area contributed by atoms with Gasteiger partial charge in [-0.2, -0.15) is 0 Å². The van der Waals surface area contributed by atoms with Gasteiger partial charge in [0, 0.05) is 31.5 Å². The van der Waals surface area contributed by atoms with Gasteiger partial charge in [0.25, 0.3) is 11.6 Å². The van der Waals surface area contributed by atoms with Crippen molar-refractivity contribution in [3.05, 3.63) is 69.3 Å². The van der Waals surface area contributed by atoms with Gasteiger partial charge in [0.05, 0.1) is 23.1 Å². The summed E-state index contributed by atoms with van der Waals surface area (Å²) in [6, 6.07) is 12.3. The minimum absolute atomic E-state index is 0.0893. The third-order valence-electron chi connectivity index (χ3n) is 4.75. The van der Waals surface area contributed by atoms with E-state index in [0.29, 0.717) is 18.8 Å². The second kappa shape index (κ2) is 8.64. The highest BCUT2D eigenvalue weighted by atomic mass is 16.6. The first-order valence-electron chi connectivity index (χ1n) is 9.00. The highest BCUT2D eigenvalue weighted by Gasteiger charge is 2.24. The molecule has 2 N–H and O–H groups in total. The van der Waals surface area contributed by atoms with E-state index >= 15 is 0 Å². The maximum atomic E-state index is 12.9. The molecule has 0 heterocycles. The van der Waals surface area contributed by atoms with Crippen molar-refractivity contribution in [2.24, 2.45) is 0 Å². The molecule has 1 aliphatic carbocycles. The molecule has 0 radical (unpaired) electrons. The van der Waals surface area contributed by atoms with Crippen molar-refractivity contribution in [3.8, 4) is 0 Å². The van der Waals surface area contributed by atoms with Gasteiger partial charge in [-0.05, 0) is 36.5 Å². The van der Waals surface area contributed by atoms with Gasteiger partial charge in [0.1, 0.15) is 0 Å². The maximum Gasteiger partial charge on any atom is 0.270 e. The fourth-order valence-electron chi connectivity index (χ4n) is 3.42. The first kappa shape index (κ1) is 18.8. The van der Waals surface area contributed by atoms with Gasteiger partial charge in [-0.25, -0.2) is 0 Å². The monoisotopic (exact) mass is 369 g/mol. The number of ether oxygens (including phenoxy) is 1. The lowest BCUT2D eigenvalue weighted by Gasteiger charge is -2.26. The zero-order valence-electron chi connectivity index (χ0n) is 15.2. The summed E-state index contributed by atoms with van der Waals surface area (Å²) in [6.45, 7) is 0.967. The summed E-state index contributed by atoms with van der Waals surface area (Å²) in [7, 11) is 1.59. The summed E-state index contributed by atoms with van der Waals surface area (Å²) in [5, 5.41) is 17.3. The molecule has 7 nitrogen and oxygen atoms in total. The first-order valence-corrected chi connectivity index (χ1v) is 9.00. The lowest BCUT2D eigenvalue weighted by atomic mass is 9.87. The molecular weight excluding hydrogens is 346 g/mol. The number of carbonyl (C=O) groups is 1. The average molecular weight is 369 g/mol. The lowest BCUT2D eigenvalue weighted by molar-refractivity contribution is -0.384. The minimum atomic E-state index is -0.494. The quantitative estimate of drug-likeness (QED) is 0.443. The molecule has 0 spiro atoms. The molecule has 0 saturated heterocycles. The second-order valence-corrected chi connectivity index (χ2v) is 6.52. The molecule has 0 aliphatic heterocycles. The van der Waals surface area contributed by atoms with E-state index in [2.05, 4.69) is 16.7 Å². The van der Waals surface area contributed by atoms with Gasteiger partial charge in [0.15, 0.2) is 0 Å². The average Bonchev–Trinajstić information content (AvgIpc) is 2.68. The van der Waals surface area contributed by atoms with Gasteiger partial charge in [-0.1, -0.05) is 24.3 Å². The van der Waals surface area contributed by atoms with E-state index in [4.69, 9.17) is 4.74 Å². The fraction of sp³-hybridized carbons (Fsp3) is 0.350. The summed E-state index contributed by atoms with van der Waals surface area (Å²) in [5.74, 6) is -0.319. The third kappa shape index (κ3) is 4.43. The molecule has 1 amide bonds. The van der Waals surface area contributed by atoms with Crippen molar-refractivity contribution in [2.45, 2.75) is 25.3 Å². The smallest absolute Gasteiger partial charge is 0.270 e. The van der Waals surface area contributed by atoms with Crippen molar-refractivity contribution < 1.29 is 14.5 Å². The zero-order valence-corrected chi connectivity index (χ0v) is 15.2. The highest BCUT2D eigenvalue weighted by Crippen LogP contribution is 2.30. The highest BCUT2D eigenvalue weighted by molar-refractivity contribution is 6.00. The van der Waals surface area contributed by atoms with Crippen LogP contribution in [0.2, 0.25) is 0 Å². The Balaban J connectivity index is 1.84. The first-order chi connectivity index (χ1) is 13.1. The number of methoxy groups -OCH3 is 1. The number of nitrogens with zero attached hydrogens (tertiary/aromatic N) is 1. The number of carbonyl (C=O) groups excluding carboxylic acids is 1. The molecule has 7 heteroatoms. The fourth-order valence-corrected chi connectivity index (χ4v) is 3.42. The van der Waals surface area contributed by atoms with Crippen molar-refractivity contribution in [1.29, 1.82) is 0 Å². The molecule has 2 aromatic carbocycles. The Bertz CT molecular complexity index is 838. The van der Waals surface area contributed by atoms with Crippen molar-refractivity contribution >= 4 is 17.3 Å². The van der Waals surface area contributed by atoms with Crippen LogP contribution in [0.15, 0.2) is 42.5 Å². The largest absolute Gasteiger partial charge is 0.383 e. The molecule has 3 rings (SSSR count). The Kier molecular flexibility index (Phi) is 6.03. The Morgan fingerprint density at radius 1 is 1.30 bits per heavy atom. The number of nitro groups is 1. The Morgan fingerprint density at radius 3 is 2.89 bits per heavy atom. The van der Waals surface area contributed by atoms with Gasteiger partial charge in [-0.3, -0.25) is 14.9 Å². The number of non-ortho nitro benzene ring substituents is 1. The number of nitrogens with one attached hydrogen (secondary N) is 2. The van der Waals surface area contributed by atoms with E-state index in [1.165, 1.54) is 17.7 Å². The standard InChI is InChI=1S/C20H23N3O4/c1-27-12-11-21-18-10-9-15(23(25)26)13-17(18)20(24)22-19-8-4-6-14-5-2-3-7-16(14)19/h2-3,5,7,9-10,13,19,21H,4,6,8,11-12H2,1H3,(H,22,24)/t19-/m1/s1. The van der Waals surface area contributed by atoms with Gasteiger partial charge >= 0.3 is 0 Å². The topological polar surface area (TPSA) is 93.5 Å². The van der Waals surface area contributed by atoms with Crippen molar-refractivity contribution in [2.75, 3.05) is 25.6 Å². The number of anilines is 1. The summed E-state index contributed by atoms with van der Waals surface area (Å²) in [5.41, 5.74) is 3.08. The van der Waals surface area contributed by atoms with Crippen LogP contribution in [-0.2, 0) is 11.2 Å². The molecule has 142 valence electrons. The number of hydrogen-bond donors (Lipinski definition) is 2. The van der Waals surface area contributed by atoms with Crippen molar-refractivity contribution in [3.63, 3.8) is 0 Å². The summed E-state index contributed by atoms with van der Waals surface area (Å²) in [6.07, 6.45) is 2.85. The summed E-state index contributed by atoms with van der Waals surface area (Å²) >= 11 is 0. The number of rotatable bonds is 7. The van der Waals surface area contributed by atoms with Gasteiger partial charge < -0.3 is 15.4 Å². The molecular formula is C20H23N3O4. The van der Waals surface area contributed by atoms with Crippen LogP contribution < -0.4 is 10.6 Å². The predicted molar refractivity (Wildman–Crippen MR) is 103 cm³/mol. The normalized spacial score (nSPS) is 15.7. The zero-order chi connectivity index (χ0) is 19.2. The van der Waals surface area contributed by atoms with Crippen LogP contribution in [0.4, 0.5) is 11.4 Å². The van der Waals surface area contributed by atoms with E-state index in [1.807, 2.05) is 18.2 Å². The van der Waals surface area contributed by atoms with Gasteiger partial charge in [-0.15, -0.1) is 0 Å². The second-order valence-electron chi connectivity index (χ2n) is 6.52. The number of nitro benzene ring substituents is 1. The number of hydrogen-bond acceptors (Lipinski definition) is 5. The molecule has 0 fully saturated rings. The molecule has 2 aromatic rings. The van der Waals surface area contributed by atoms with Gasteiger partial charge in [0.2, 0.25) is 0 Å². The molecule has 0 unspecified atom stereocenters. The number of benzene rings is 2. The van der Waals surface area contributed by atoms with Crippen LogP contribution in [0.25, 0.3) is 0 Å². The molecule has 1 aliphatic rings. The third-order valence-corrected chi connectivity index (χ3v) is 4.75. The lowest BCUT2D eigenvalue weighted by Crippen LogP contribution is -2.31. The number of aryl methyl sites for hydroxylation is 1. The van der Waals surface area contributed by atoms with Crippen LogP contribution in [0, 0.1) is 10.1 Å². The van der Waals surface area contributed by atoms with E-state index in [1.54, 1.807) is 13.2 Å².